The summed E-state index contributed by atoms with van der Waals surface area (Å²) in [5.41, 5.74) is 2.88. The summed E-state index contributed by atoms with van der Waals surface area (Å²) >= 11 is 0. The molecule has 4 aromatic rings. The molecule has 33 heavy (non-hydrogen) atoms. The third-order valence-electron chi connectivity index (χ3n) is 5.02. The fourth-order valence-electron chi connectivity index (χ4n) is 3.34. The van der Waals surface area contributed by atoms with Gasteiger partial charge in [-0.1, -0.05) is 5.16 Å². The molecule has 2 aromatic heterocycles. The van der Waals surface area contributed by atoms with Gasteiger partial charge in [0.2, 0.25) is 17.5 Å². The summed E-state index contributed by atoms with van der Waals surface area (Å²) in [5, 5.41) is 4.11. The molecule has 0 atom stereocenters. The summed E-state index contributed by atoms with van der Waals surface area (Å²) in [7, 11) is 7.80. The van der Waals surface area contributed by atoms with Gasteiger partial charge in [0.1, 0.15) is 5.75 Å². The molecule has 170 valence electrons. The standard InChI is InChI=1S/C24H23N3O6/c1-28-16-8-6-14(7-9-16)18-11-10-17(24(25-18)32-5)22-26-23(33-27-22)15-12-19(29-2)21(31-4)20(13-15)30-3/h6-13H,1-5H3. The predicted octanol–water partition coefficient (Wildman–Crippen LogP) is 4.51. The molecule has 0 fully saturated rings. The van der Waals surface area contributed by atoms with E-state index < -0.39 is 0 Å². The van der Waals surface area contributed by atoms with E-state index in [2.05, 4.69) is 15.1 Å². The molecule has 0 aliphatic carbocycles. The fourth-order valence-corrected chi connectivity index (χ4v) is 3.34. The Morgan fingerprint density at radius 1 is 0.667 bits per heavy atom. The topological polar surface area (TPSA) is 98.0 Å². The molecule has 0 aliphatic rings. The lowest BCUT2D eigenvalue weighted by atomic mass is 10.1. The summed E-state index contributed by atoms with van der Waals surface area (Å²) in [6.07, 6.45) is 0. The minimum atomic E-state index is 0.283. The lowest BCUT2D eigenvalue weighted by molar-refractivity contribution is 0.324. The van der Waals surface area contributed by atoms with Gasteiger partial charge in [-0.3, -0.25) is 0 Å². The minimum Gasteiger partial charge on any atom is -0.497 e. The Labute approximate surface area is 190 Å². The molecule has 0 saturated heterocycles. The number of methoxy groups -OCH3 is 5. The smallest absolute Gasteiger partial charge is 0.258 e. The molecule has 2 heterocycles. The van der Waals surface area contributed by atoms with Crippen LogP contribution in [0.1, 0.15) is 0 Å². The summed E-state index contributed by atoms with van der Waals surface area (Å²) in [4.78, 5) is 9.14. The monoisotopic (exact) mass is 449 g/mol. The number of hydrogen-bond acceptors (Lipinski definition) is 9. The molecule has 0 saturated carbocycles. The molecular formula is C24H23N3O6. The normalized spacial score (nSPS) is 10.6. The highest BCUT2D eigenvalue weighted by Crippen LogP contribution is 2.41. The van der Waals surface area contributed by atoms with Gasteiger partial charge in [0.05, 0.1) is 46.8 Å². The molecule has 2 aromatic carbocycles. The zero-order chi connectivity index (χ0) is 23.4. The van der Waals surface area contributed by atoms with Crippen LogP contribution in [0.15, 0.2) is 53.1 Å². The molecule has 9 nitrogen and oxygen atoms in total. The Hall–Kier alpha value is -4.27. The predicted molar refractivity (Wildman–Crippen MR) is 121 cm³/mol. The maximum Gasteiger partial charge on any atom is 0.258 e. The first-order valence-electron chi connectivity index (χ1n) is 9.95. The van der Waals surface area contributed by atoms with Gasteiger partial charge in [0.25, 0.3) is 5.89 Å². The van der Waals surface area contributed by atoms with Crippen molar-refractivity contribution in [3.63, 3.8) is 0 Å². The van der Waals surface area contributed by atoms with E-state index in [-0.39, 0.29) is 5.89 Å². The summed E-state index contributed by atoms with van der Waals surface area (Å²) in [6.45, 7) is 0. The average Bonchev–Trinajstić information content (AvgIpc) is 3.37. The highest BCUT2D eigenvalue weighted by Gasteiger charge is 2.20. The zero-order valence-corrected chi connectivity index (χ0v) is 18.9. The van der Waals surface area contributed by atoms with Gasteiger partial charge in [0.15, 0.2) is 11.5 Å². The van der Waals surface area contributed by atoms with E-state index in [0.717, 1.165) is 17.0 Å². The van der Waals surface area contributed by atoms with Gasteiger partial charge in [-0.05, 0) is 48.5 Å². The number of hydrogen-bond donors (Lipinski definition) is 0. The second kappa shape index (κ2) is 9.47. The van der Waals surface area contributed by atoms with Gasteiger partial charge in [-0.15, -0.1) is 0 Å². The van der Waals surface area contributed by atoms with Gasteiger partial charge < -0.3 is 28.2 Å². The van der Waals surface area contributed by atoms with E-state index in [0.29, 0.717) is 40.1 Å². The van der Waals surface area contributed by atoms with Crippen molar-refractivity contribution in [2.24, 2.45) is 0 Å². The molecular weight excluding hydrogens is 426 g/mol. The van der Waals surface area contributed by atoms with Crippen molar-refractivity contribution in [1.29, 1.82) is 0 Å². The lowest BCUT2D eigenvalue weighted by Crippen LogP contribution is -1.96. The Morgan fingerprint density at radius 3 is 1.94 bits per heavy atom. The number of nitrogens with zero attached hydrogens (tertiary/aromatic N) is 3. The van der Waals surface area contributed by atoms with Crippen molar-refractivity contribution >= 4 is 0 Å². The number of benzene rings is 2. The third kappa shape index (κ3) is 4.25. The molecule has 0 N–H and O–H groups in total. The van der Waals surface area contributed by atoms with Crippen molar-refractivity contribution < 1.29 is 28.2 Å². The second-order valence-electron chi connectivity index (χ2n) is 6.82. The van der Waals surface area contributed by atoms with Crippen LogP contribution in [-0.4, -0.2) is 50.7 Å². The van der Waals surface area contributed by atoms with Crippen molar-refractivity contribution in [2.75, 3.05) is 35.5 Å². The van der Waals surface area contributed by atoms with Crippen LogP contribution >= 0.6 is 0 Å². The van der Waals surface area contributed by atoms with E-state index in [4.69, 9.17) is 28.2 Å². The van der Waals surface area contributed by atoms with Crippen LogP contribution in [0.25, 0.3) is 34.1 Å². The largest absolute Gasteiger partial charge is 0.497 e. The molecule has 0 spiro atoms. The summed E-state index contributed by atoms with van der Waals surface area (Å²) < 4.78 is 32.4. The first kappa shape index (κ1) is 21.9. The molecule has 9 heteroatoms. The van der Waals surface area contributed by atoms with Crippen LogP contribution in [0.2, 0.25) is 0 Å². The van der Waals surface area contributed by atoms with Gasteiger partial charge in [-0.2, -0.15) is 4.98 Å². The van der Waals surface area contributed by atoms with Crippen LogP contribution in [-0.2, 0) is 0 Å². The maximum absolute atomic E-state index is 5.51. The first-order valence-corrected chi connectivity index (χ1v) is 9.95. The SMILES string of the molecule is COc1ccc(-c2ccc(-c3noc(-c4cc(OC)c(OC)c(OC)c4)n3)c(OC)n2)cc1. The quantitative estimate of drug-likeness (QED) is 0.385. The molecule has 0 radical (unpaired) electrons. The van der Waals surface area contributed by atoms with E-state index in [1.807, 2.05) is 36.4 Å². The Kier molecular flexibility index (Phi) is 6.30. The van der Waals surface area contributed by atoms with E-state index in [9.17, 15) is 0 Å². The number of rotatable bonds is 8. The van der Waals surface area contributed by atoms with Gasteiger partial charge in [-0.25, -0.2) is 4.98 Å². The van der Waals surface area contributed by atoms with Crippen LogP contribution < -0.4 is 23.7 Å². The second-order valence-corrected chi connectivity index (χ2v) is 6.82. The zero-order valence-electron chi connectivity index (χ0n) is 18.9. The van der Waals surface area contributed by atoms with Crippen LogP contribution in [0.4, 0.5) is 0 Å². The first-order chi connectivity index (χ1) is 16.1. The number of pyridine rings is 1. The molecule has 0 unspecified atom stereocenters. The Balaban J connectivity index is 1.70. The number of aromatic nitrogens is 3. The van der Waals surface area contributed by atoms with E-state index in [1.165, 1.54) is 0 Å². The Bertz CT molecular complexity index is 1230. The maximum atomic E-state index is 5.51. The molecule has 0 amide bonds. The van der Waals surface area contributed by atoms with Gasteiger partial charge in [0, 0.05) is 11.1 Å². The van der Waals surface area contributed by atoms with Crippen molar-refractivity contribution in [1.82, 2.24) is 15.1 Å². The number of ether oxygens (including phenoxy) is 5. The summed E-state index contributed by atoms with van der Waals surface area (Å²) in [5.74, 6) is 3.21. The van der Waals surface area contributed by atoms with Crippen LogP contribution in [0.5, 0.6) is 28.9 Å². The van der Waals surface area contributed by atoms with Crippen LogP contribution in [0, 0.1) is 0 Å². The third-order valence-corrected chi connectivity index (χ3v) is 5.02. The highest BCUT2D eigenvalue weighted by atomic mass is 16.5. The van der Waals surface area contributed by atoms with Gasteiger partial charge >= 0.3 is 0 Å². The fraction of sp³-hybridized carbons (Fsp3) is 0.208. The van der Waals surface area contributed by atoms with Crippen molar-refractivity contribution in [3.8, 4) is 63.0 Å². The van der Waals surface area contributed by atoms with E-state index in [1.54, 1.807) is 47.7 Å². The molecule has 0 aliphatic heterocycles. The minimum absolute atomic E-state index is 0.283. The van der Waals surface area contributed by atoms with E-state index >= 15 is 0 Å². The lowest BCUT2D eigenvalue weighted by Gasteiger charge is -2.12. The highest BCUT2D eigenvalue weighted by molar-refractivity contribution is 5.71. The molecule has 4 rings (SSSR count). The molecule has 0 bridgehead atoms. The van der Waals surface area contributed by atoms with Crippen molar-refractivity contribution in [2.45, 2.75) is 0 Å². The van der Waals surface area contributed by atoms with Crippen molar-refractivity contribution in [3.05, 3.63) is 48.5 Å². The average molecular weight is 449 g/mol. The Morgan fingerprint density at radius 2 is 1.36 bits per heavy atom. The summed E-state index contributed by atoms with van der Waals surface area (Å²) in [6, 6.07) is 14.8. The van der Waals surface area contributed by atoms with Crippen LogP contribution in [0.3, 0.4) is 0 Å².